The number of rotatable bonds is 4. The van der Waals surface area contributed by atoms with Crippen LogP contribution in [0.3, 0.4) is 0 Å². The van der Waals surface area contributed by atoms with Crippen LogP contribution in [0.25, 0.3) is 21.8 Å². The molecule has 0 atom stereocenters. The van der Waals surface area contributed by atoms with Crippen LogP contribution in [0, 0.1) is 0 Å². The lowest BCUT2D eigenvalue weighted by atomic mass is 10.1. The van der Waals surface area contributed by atoms with Gasteiger partial charge in [0.1, 0.15) is 5.69 Å². The maximum atomic E-state index is 12.1. The van der Waals surface area contributed by atoms with Crippen LogP contribution in [-0.4, -0.2) is 48.4 Å². The first-order chi connectivity index (χ1) is 16.1. The van der Waals surface area contributed by atoms with Crippen molar-refractivity contribution in [3.8, 4) is 0 Å². The first kappa shape index (κ1) is 23.5. The van der Waals surface area contributed by atoms with E-state index in [4.69, 9.17) is 32.7 Å². The van der Waals surface area contributed by atoms with Gasteiger partial charge in [0, 0.05) is 35.9 Å². The molecule has 1 aliphatic rings. The quantitative estimate of drug-likeness (QED) is 0.395. The Kier molecular flexibility index (Phi) is 7.83. The average molecular weight is 486 g/mol. The van der Waals surface area contributed by atoms with Crippen LogP contribution < -0.4 is 5.32 Å². The van der Waals surface area contributed by atoms with Crippen molar-refractivity contribution in [2.45, 2.75) is 13.5 Å². The Balaban J connectivity index is 0.000000376. The molecule has 172 valence electrons. The van der Waals surface area contributed by atoms with Gasteiger partial charge in [-0.1, -0.05) is 47.5 Å². The number of carbonyl (C=O) groups excluding carboxylic acids is 1. The minimum Gasteiger partial charge on any atom is -0.461 e. The summed E-state index contributed by atoms with van der Waals surface area (Å²) >= 11 is 12.2. The topological polar surface area (TPSA) is 65.4 Å². The Bertz CT molecular complexity index is 1260. The Morgan fingerprint density at radius 2 is 1.85 bits per heavy atom. The fourth-order valence-corrected chi connectivity index (χ4v) is 4.09. The standard InChI is InChI=1S/C21H16Cl2N2O2.C4H9NO/c1-2-27-21(26)18-10-15-14-5-3-4-6-19(14)25(20(15)11-24-18)12-13-7-8-16(22)17(23)9-13;1-3-6-4-2-5-1/h3-11H,2,12H2,1H3;5H,1-4H2. The van der Waals surface area contributed by atoms with E-state index >= 15 is 0 Å². The predicted molar refractivity (Wildman–Crippen MR) is 132 cm³/mol. The van der Waals surface area contributed by atoms with E-state index in [1.54, 1.807) is 25.3 Å². The van der Waals surface area contributed by atoms with E-state index in [0.29, 0.717) is 28.9 Å². The zero-order valence-corrected chi connectivity index (χ0v) is 19.8. The van der Waals surface area contributed by atoms with Gasteiger partial charge in [-0.3, -0.25) is 0 Å². The fourth-order valence-electron chi connectivity index (χ4n) is 3.77. The van der Waals surface area contributed by atoms with Gasteiger partial charge in [-0.15, -0.1) is 0 Å². The molecule has 1 N–H and O–H groups in total. The Labute approximate surface area is 202 Å². The molecule has 33 heavy (non-hydrogen) atoms. The summed E-state index contributed by atoms with van der Waals surface area (Å²) in [5.74, 6) is -0.416. The largest absolute Gasteiger partial charge is 0.461 e. The number of carbonyl (C=O) groups is 1. The number of hydrogen-bond donors (Lipinski definition) is 1. The van der Waals surface area contributed by atoms with Gasteiger partial charge in [-0.2, -0.15) is 0 Å². The number of nitrogens with one attached hydrogen (secondary N) is 1. The molecular weight excluding hydrogens is 461 g/mol. The van der Waals surface area contributed by atoms with E-state index in [2.05, 4.69) is 20.9 Å². The first-order valence-electron chi connectivity index (χ1n) is 10.8. The second kappa shape index (κ2) is 11.0. The van der Waals surface area contributed by atoms with Crippen LogP contribution in [0.1, 0.15) is 23.0 Å². The molecule has 5 rings (SSSR count). The molecule has 0 aliphatic carbocycles. The molecule has 1 saturated heterocycles. The maximum absolute atomic E-state index is 12.1. The van der Waals surface area contributed by atoms with Gasteiger partial charge in [0.25, 0.3) is 0 Å². The van der Waals surface area contributed by atoms with E-state index < -0.39 is 5.97 Å². The van der Waals surface area contributed by atoms with Crippen molar-refractivity contribution < 1.29 is 14.3 Å². The highest BCUT2D eigenvalue weighted by atomic mass is 35.5. The molecule has 8 heteroatoms. The van der Waals surface area contributed by atoms with Crippen LogP contribution >= 0.6 is 23.2 Å². The normalized spacial score (nSPS) is 13.5. The number of benzene rings is 2. The average Bonchev–Trinajstić information content (AvgIpc) is 3.16. The van der Waals surface area contributed by atoms with Crippen LogP contribution in [0.15, 0.2) is 54.7 Å². The molecule has 1 aliphatic heterocycles. The second-order valence-electron chi connectivity index (χ2n) is 7.52. The number of ether oxygens (including phenoxy) is 2. The van der Waals surface area contributed by atoms with Gasteiger partial charge in [0.05, 0.1) is 41.6 Å². The number of morpholine rings is 1. The SMILES string of the molecule is C1COCCN1.CCOC(=O)c1cc2c3ccccc3n(Cc3ccc(Cl)c(Cl)c3)c2cn1. The summed E-state index contributed by atoms with van der Waals surface area (Å²) in [6.07, 6.45) is 1.72. The van der Waals surface area contributed by atoms with Gasteiger partial charge >= 0.3 is 5.97 Å². The Morgan fingerprint density at radius 1 is 1.06 bits per heavy atom. The highest BCUT2D eigenvalue weighted by molar-refractivity contribution is 6.42. The van der Waals surface area contributed by atoms with E-state index in [0.717, 1.165) is 53.7 Å². The lowest BCUT2D eigenvalue weighted by molar-refractivity contribution is 0.0519. The zero-order chi connectivity index (χ0) is 23.2. The number of aromatic nitrogens is 2. The van der Waals surface area contributed by atoms with Crippen molar-refractivity contribution in [2.24, 2.45) is 0 Å². The highest BCUT2D eigenvalue weighted by Gasteiger charge is 2.15. The molecule has 2 aromatic carbocycles. The molecule has 6 nitrogen and oxygen atoms in total. The lowest BCUT2D eigenvalue weighted by Crippen LogP contribution is -2.30. The van der Waals surface area contributed by atoms with E-state index in [1.807, 2.05) is 30.3 Å². The fraction of sp³-hybridized carbons (Fsp3) is 0.280. The second-order valence-corrected chi connectivity index (χ2v) is 8.34. The van der Waals surface area contributed by atoms with Crippen LogP contribution in [0.5, 0.6) is 0 Å². The first-order valence-corrected chi connectivity index (χ1v) is 11.6. The Morgan fingerprint density at radius 3 is 2.52 bits per heavy atom. The van der Waals surface area contributed by atoms with Gasteiger partial charge in [-0.05, 0) is 36.8 Å². The molecule has 4 aromatic rings. The molecule has 3 heterocycles. The predicted octanol–water partition coefficient (Wildman–Crippen LogP) is 5.33. The number of pyridine rings is 1. The number of halogens is 2. The van der Waals surface area contributed by atoms with Crippen molar-refractivity contribution >= 4 is 51.0 Å². The van der Waals surface area contributed by atoms with Crippen LogP contribution in [0.4, 0.5) is 0 Å². The number of esters is 1. The van der Waals surface area contributed by atoms with Gasteiger partial charge < -0.3 is 19.4 Å². The van der Waals surface area contributed by atoms with E-state index in [1.165, 1.54) is 0 Å². The third kappa shape index (κ3) is 5.47. The summed E-state index contributed by atoms with van der Waals surface area (Å²) in [5.41, 5.74) is 3.33. The number of nitrogens with zero attached hydrogens (tertiary/aromatic N) is 2. The highest BCUT2D eigenvalue weighted by Crippen LogP contribution is 2.31. The van der Waals surface area contributed by atoms with Crippen molar-refractivity contribution in [1.29, 1.82) is 0 Å². The van der Waals surface area contributed by atoms with Crippen molar-refractivity contribution in [2.75, 3.05) is 32.9 Å². The Hall–Kier alpha value is -2.64. The molecule has 0 spiro atoms. The summed E-state index contributed by atoms with van der Waals surface area (Å²) < 4.78 is 12.2. The molecule has 0 bridgehead atoms. The van der Waals surface area contributed by atoms with Crippen LogP contribution in [0.2, 0.25) is 10.0 Å². The van der Waals surface area contributed by atoms with Gasteiger partial charge in [0.15, 0.2) is 0 Å². The lowest BCUT2D eigenvalue weighted by Gasteiger charge is -2.10. The number of fused-ring (bicyclic) bond motifs is 3. The van der Waals surface area contributed by atoms with Crippen molar-refractivity contribution in [3.05, 3.63) is 76.0 Å². The molecule has 2 aromatic heterocycles. The molecular formula is C25H25Cl2N3O3. The third-order valence-corrected chi connectivity index (χ3v) is 6.05. The van der Waals surface area contributed by atoms with Crippen molar-refractivity contribution in [1.82, 2.24) is 14.9 Å². The number of para-hydroxylation sites is 1. The smallest absolute Gasteiger partial charge is 0.356 e. The summed E-state index contributed by atoms with van der Waals surface area (Å²) in [7, 11) is 0. The molecule has 0 radical (unpaired) electrons. The summed E-state index contributed by atoms with van der Waals surface area (Å²) in [4.78, 5) is 16.4. The molecule has 0 saturated carbocycles. The minimum atomic E-state index is -0.416. The summed E-state index contributed by atoms with van der Waals surface area (Å²) in [5, 5.41) is 6.23. The van der Waals surface area contributed by atoms with Crippen LogP contribution in [-0.2, 0) is 16.0 Å². The van der Waals surface area contributed by atoms with Crippen molar-refractivity contribution in [3.63, 3.8) is 0 Å². The van der Waals surface area contributed by atoms with E-state index in [-0.39, 0.29) is 0 Å². The third-order valence-electron chi connectivity index (χ3n) is 5.31. The number of hydrogen-bond acceptors (Lipinski definition) is 5. The summed E-state index contributed by atoms with van der Waals surface area (Å²) in [6, 6.07) is 15.5. The maximum Gasteiger partial charge on any atom is 0.356 e. The zero-order valence-electron chi connectivity index (χ0n) is 18.3. The molecule has 0 amide bonds. The minimum absolute atomic E-state index is 0.307. The summed E-state index contributed by atoms with van der Waals surface area (Å²) in [6.45, 7) is 6.54. The van der Waals surface area contributed by atoms with E-state index in [9.17, 15) is 4.79 Å². The molecule has 0 unspecified atom stereocenters. The van der Waals surface area contributed by atoms with Gasteiger partial charge in [-0.25, -0.2) is 9.78 Å². The molecule has 1 fully saturated rings. The monoisotopic (exact) mass is 485 g/mol. The van der Waals surface area contributed by atoms with Gasteiger partial charge in [0.2, 0.25) is 0 Å².